The van der Waals surface area contributed by atoms with Gasteiger partial charge in [0.15, 0.2) is 0 Å². The van der Waals surface area contributed by atoms with Gasteiger partial charge in [0.1, 0.15) is 40.6 Å². The monoisotopic (exact) mass is 468 g/mol. The summed E-state index contributed by atoms with van der Waals surface area (Å²) in [5, 5.41) is 2.93. The maximum atomic E-state index is 14.7. The van der Waals surface area contributed by atoms with Crippen LogP contribution in [-0.4, -0.2) is 21.8 Å². The molecule has 0 unspecified atom stereocenters. The normalized spacial score (nSPS) is 18.4. The van der Waals surface area contributed by atoms with Crippen LogP contribution in [0.1, 0.15) is 43.0 Å². The number of hydrogen-bond acceptors (Lipinski definition) is 5. The highest BCUT2D eigenvalue weighted by atomic mass is 19.1. The van der Waals surface area contributed by atoms with Crippen molar-refractivity contribution in [2.24, 2.45) is 10.7 Å². The van der Waals surface area contributed by atoms with Gasteiger partial charge in [0, 0.05) is 24.2 Å². The average Bonchev–Trinajstić information content (AvgIpc) is 3.13. The summed E-state index contributed by atoms with van der Waals surface area (Å²) in [4.78, 5) is 8.68. The molecule has 178 valence electrons. The molecule has 5 N–H and O–H groups in total. The molecule has 0 spiro atoms. The Kier molecular flexibility index (Phi) is 7.02. The maximum absolute atomic E-state index is 14.7. The lowest BCUT2D eigenvalue weighted by Gasteiger charge is -2.29. The number of anilines is 1. The molecule has 1 saturated carbocycles. The van der Waals surface area contributed by atoms with Gasteiger partial charge in [0.2, 0.25) is 0 Å². The molecule has 1 fully saturated rings. The van der Waals surface area contributed by atoms with E-state index in [-0.39, 0.29) is 53.2 Å². The number of aliphatic imine (C=N–C) groups is 1. The van der Waals surface area contributed by atoms with Crippen LogP contribution in [0.4, 0.5) is 19.0 Å². The van der Waals surface area contributed by atoms with Crippen molar-refractivity contribution >= 4 is 12.0 Å². The van der Waals surface area contributed by atoms with Crippen LogP contribution in [0.5, 0.6) is 0 Å². The molecule has 0 aliphatic heterocycles. The van der Waals surface area contributed by atoms with E-state index >= 15 is 0 Å². The minimum atomic E-state index is -0.724. The highest BCUT2D eigenvalue weighted by molar-refractivity contribution is 5.86. The summed E-state index contributed by atoms with van der Waals surface area (Å²) in [6.45, 7) is 4.01. The molecule has 9 heteroatoms. The predicted molar refractivity (Wildman–Crippen MR) is 127 cm³/mol. The number of rotatable bonds is 7. The first-order valence-electron chi connectivity index (χ1n) is 11.1. The molecule has 1 aliphatic carbocycles. The molecular formula is C25H27F3N6. The number of hydrogen-bond donors (Lipinski definition) is 3. The van der Waals surface area contributed by atoms with Crippen molar-refractivity contribution < 1.29 is 13.2 Å². The number of halogens is 3. The second-order valence-corrected chi connectivity index (χ2v) is 8.39. The quantitative estimate of drug-likeness (QED) is 0.439. The predicted octanol–water partition coefficient (Wildman–Crippen LogP) is 4.67. The van der Waals surface area contributed by atoms with Crippen LogP contribution in [0.15, 0.2) is 59.9 Å². The number of nitrogen functional groups attached to an aromatic ring is 1. The molecule has 1 heterocycles. The number of nitrogens with one attached hydrogen (secondary N) is 1. The molecule has 4 rings (SSSR count). The summed E-state index contributed by atoms with van der Waals surface area (Å²) < 4.78 is 44.8. The highest BCUT2D eigenvalue weighted by Crippen LogP contribution is 2.37. The first-order chi connectivity index (χ1) is 16.3. The van der Waals surface area contributed by atoms with Crippen LogP contribution >= 0.6 is 0 Å². The molecule has 1 aromatic heterocycles. The Hall–Kier alpha value is -3.59. The van der Waals surface area contributed by atoms with Crippen molar-refractivity contribution in [3.05, 3.63) is 83.6 Å². The van der Waals surface area contributed by atoms with E-state index in [0.29, 0.717) is 5.56 Å². The Morgan fingerprint density at radius 2 is 1.71 bits per heavy atom. The molecule has 0 atom stereocenters. The van der Waals surface area contributed by atoms with E-state index in [1.54, 1.807) is 22.8 Å². The van der Waals surface area contributed by atoms with Gasteiger partial charge in [0.05, 0.1) is 11.8 Å². The molecule has 3 aromatic rings. The lowest BCUT2D eigenvalue weighted by Crippen LogP contribution is -2.28. The third-order valence-corrected chi connectivity index (χ3v) is 6.05. The van der Waals surface area contributed by atoms with Crippen molar-refractivity contribution in [2.45, 2.75) is 44.3 Å². The van der Waals surface area contributed by atoms with E-state index in [1.807, 2.05) is 0 Å². The van der Waals surface area contributed by atoms with E-state index in [2.05, 4.69) is 21.9 Å². The lowest BCUT2D eigenvalue weighted by atomic mass is 9.91. The third kappa shape index (κ3) is 4.99. The van der Waals surface area contributed by atoms with E-state index < -0.39 is 11.6 Å². The molecule has 6 nitrogen and oxygen atoms in total. The van der Waals surface area contributed by atoms with Gasteiger partial charge in [-0.25, -0.2) is 23.1 Å². The fourth-order valence-electron chi connectivity index (χ4n) is 4.20. The molecular weight excluding hydrogens is 441 g/mol. The van der Waals surface area contributed by atoms with Gasteiger partial charge in [-0.15, -0.1) is 0 Å². The third-order valence-electron chi connectivity index (χ3n) is 6.05. The molecule has 34 heavy (non-hydrogen) atoms. The van der Waals surface area contributed by atoms with Crippen molar-refractivity contribution in [1.82, 2.24) is 14.9 Å². The Bertz CT molecular complexity index is 1190. The van der Waals surface area contributed by atoms with Crippen molar-refractivity contribution in [3.8, 4) is 11.4 Å². The summed E-state index contributed by atoms with van der Waals surface area (Å²) in [5.41, 5.74) is 12.9. The second-order valence-electron chi connectivity index (χ2n) is 8.39. The van der Waals surface area contributed by atoms with E-state index in [1.165, 1.54) is 30.5 Å². The van der Waals surface area contributed by atoms with Gasteiger partial charge in [-0.3, -0.25) is 0 Å². The summed E-state index contributed by atoms with van der Waals surface area (Å²) in [7, 11) is 0. The summed E-state index contributed by atoms with van der Waals surface area (Å²) in [5.74, 6) is -1.15. The zero-order valence-corrected chi connectivity index (χ0v) is 18.6. The van der Waals surface area contributed by atoms with Gasteiger partial charge >= 0.3 is 0 Å². The zero-order chi connectivity index (χ0) is 24.2. The topological polar surface area (TPSA) is 94.2 Å². The van der Waals surface area contributed by atoms with Crippen LogP contribution in [0.3, 0.4) is 0 Å². The molecule has 1 aliphatic rings. The van der Waals surface area contributed by atoms with Gasteiger partial charge in [-0.05, 0) is 43.9 Å². The maximum Gasteiger partial charge on any atom is 0.148 e. The van der Waals surface area contributed by atoms with Crippen molar-refractivity contribution in [2.75, 3.05) is 5.73 Å². The Labute approximate surface area is 196 Å². The van der Waals surface area contributed by atoms with Gasteiger partial charge in [-0.1, -0.05) is 30.8 Å². The molecule has 0 saturated heterocycles. The van der Waals surface area contributed by atoms with Gasteiger partial charge in [0.25, 0.3) is 0 Å². The second kappa shape index (κ2) is 10.1. The summed E-state index contributed by atoms with van der Waals surface area (Å²) in [6, 6.07) is 10.1. The smallest absolute Gasteiger partial charge is 0.148 e. The molecule has 0 amide bonds. The number of nitrogens with two attached hydrogens (primary N) is 2. The Balaban J connectivity index is 1.63. The van der Waals surface area contributed by atoms with Crippen LogP contribution in [0.2, 0.25) is 0 Å². The van der Waals surface area contributed by atoms with Gasteiger partial charge in [-0.2, -0.15) is 0 Å². The number of imidazole rings is 1. The first-order valence-corrected chi connectivity index (χ1v) is 11.1. The Morgan fingerprint density at radius 3 is 2.38 bits per heavy atom. The minimum Gasteiger partial charge on any atom is -0.383 e. The largest absolute Gasteiger partial charge is 0.383 e. The standard InChI is InChI=1S/C25H27F3N6/c1-15(31-13-16-5-2-3-6-19(16)26)32-14-22-24(30)34(18-11-9-17(29)10-12-18)25(33-22)23-20(27)7-4-8-21(23)28/h2-8,14,17-18,31H,1,9-13,29-30H2/b32-14-. The molecule has 2 aromatic carbocycles. The van der Waals surface area contributed by atoms with E-state index in [4.69, 9.17) is 11.5 Å². The van der Waals surface area contributed by atoms with Gasteiger partial charge < -0.3 is 21.4 Å². The van der Waals surface area contributed by atoms with Crippen LogP contribution in [0.25, 0.3) is 11.4 Å². The average molecular weight is 469 g/mol. The van der Waals surface area contributed by atoms with Crippen LogP contribution < -0.4 is 16.8 Å². The highest BCUT2D eigenvalue weighted by Gasteiger charge is 2.28. The summed E-state index contributed by atoms with van der Waals surface area (Å²) in [6.07, 6.45) is 4.39. The lowest BCUT2D eigenvalue weighted by molar-refractivity contribution is 0.327. The fourth-order valence-corrected chi connectivity index (χ4v) is 4.20. The fraction of sp³-hybridized carbons (Fsp3) is 0.280. The van der Waals surface area contributed by atoms with E-state index in [9.17, 15) is 13.2 Å². The number of nitrogens with zero attached hydrogens (tertiary/aromatic N) is 3. The zero-order valence-electron chi connectivity index (χ0n) is 18.6. The van der Waals surface area contributed by atoms with Crippen molar-refractivity contribution in [1.29, 1.82) is 0 Å². The first kappa shape index (κ1) is 23.6. The SMILES string of the molecule is C=C(/N=C\c1nc(-c2c(F)cccc2F)n(C2CCC(N)CC2)c1N)NCc1ccccc1F. The van der Waals surface area contributed by atoms with E-state index in [0.717, 1.165) is 25.7 Å². The number of benzene rings is 2. The molecule has 0 bridgehead atoms. The number of aromatic nitrogens is 2. The van der Waals surface area contributed by atoms with Crippen LogP contribution in [-0.2, 0) is 6.54 Å². The summed E-state index contributed by atoms with van der Waals surface area (Å²) >= 11 is 0. The van der Waals surface area contributed by atoms with Crippen LogP contribution in [0, 0.1) is 17.5 Å². The Morgan fingerprint density at radius 1 is 1.06 bits per heavy atom. The van der Waals surface area contributed by atoms with Crippen molar-refractivity contribution in [3.63, 3.8) is 0 Å². The molecule has 0 radical (unpaired) electrons. The minimum absolute atomic E-state index is 0.0918.